The Morgan fingerprint density at radius 2 is 2.33 bits per heavy atom. The van der Waals surface area contributed by atoms with Crippen molar-refractivity contribution < 1.29 is 24.1 Å². The summed E-state index contributed by atoms with van der Waals surface area (Å²) in [6, 6.07) is 1.86. The van der Waals surface area contributed by atoms with E-state index in [9.17, 15) is 19.3 Å². The number of hydroxylamine groups is 1. The van der Waals surface area contributed by atoms with Crippen molar-refractivity contribution in [2.24, 2.45) is 0 Å². The Morgan fingerprint density at radius 1 is 1.67 bits per heavy atom. The molecule has 0 fully saturated rings. The van der Waals surface area contributed by atoms with Gasteiger partial charge in [-0.3, -0.25) is 14.9 Å². The summed E-state index contributed by atoms with van der Waals surface area (Å²) in [6.07, 6.45) is -0.344. The van der Waals surface area contributed by atoms with E-state index in [2.05, 4.69) is 5.48 Å². The molecule has 0 aliphatic carbocycles. The van der Waals surface area contributed by atoms with Crippen LogP contribution in [0, 0.1) is 15.9 Å². The van der Waals surface area contributed by atoms with E-state index < -0.39 is 27.9 Å². The zero-order valence-electron chi connectivity index (χ0n) is 9.27. The normalized spacial score (nSPS) is 21.2. The predicted octanol–water partition coefficient (Wildman–Crippen LogP) is 1.32. The van der Waals surface area contributed by atoms with E-state index in [1.165, 1.54) is 6.92 Å². The molecule has 1 unspecified atom stereocenters. The van der Waals surface area contributed by atoms with Gasteiger partial charge in [-0.25, -0.2) is 0 Å². The Kier molecular flexibility index (Phi) is 2.66. The van der Waals surface area contributed by atoms with Gasteiger partial charge in [-0.15, -0.1) is 5.48 Å². The average molecular weight is 256 g/mol. The second kappa shape index (κ2) is 3.91. The number of aliphatic carboxylic acids is 1. The van der Waals surface area contributed by atoms with Gasteiger partial charge >= 0.3 is 11.7 Å². The number of hydrogen-bond acceptors (Lipinski definition) is 5. The smallest absolute Gasteiger partial charge is 0.305 e. The first-order chi connectivity index (χ1) is 8.33. The van der Waals surface area contributed by atoms with Gasteiger partial charge < -0.3 is 9.94 Å². The molecule has 7 nitrogen and oxygen atoms in total. The zero-order valence-corrected chi connectivity index (χ0v) is 9.27. The maximum atomic E-state index is 13.3. The van der Waals surface area contributed by atoms with E-state index in [1.807, 2.05) is 0 Å². The van der Waals surface area contributed by atoms with Gasteiger partial charge in [0.2, 0.25) is 5.82 Å². The second-order valence-corrected chi connectivity index (χ2v) is 4.16. The Hall–Kier alpha value is -2.22. The number of nitrogens with one attached hydrogen (secondary N) is 1. The minimum Gasteiger partial charge on any atom is -0.481 e. The first-order valence-corrected chi connectivity index (χ1v) is 4.98. The van der Waals surface area contributed by atoms with Crippen LogP contribution in [0.1, 0.15) is 18.9 Å². The quantitative estimate of drug-likeness (QED) is 0.624. The number of fused-ring (bicyclic) bond motifs is 1. The molecule has 1 aromatic carbocycles. The number of nitro benzene ring substituents is 1. The van der Waals surface area contributed by atoms with Crippen LogP contribution in [0.4, 0.5) is 10.1 Å². The molecule has 0 spiro atoms. The number of nitro groups is 1. The molecule has 0 aromatic heterocycles. The van der Waals surface area contributed by atoms with Crippen LogP contribution in [-0.2, 0) is 10.3 Å². The molecule has 0 saturated carbocycles. The lowest BCUT2D eigenvalue weighted by Crippen LogP contribution is -2.37. The molecular weight excluding hydrogens is 247 g/mol. The fraction of sp³-hybridized carbons (Fsp3) is 0.300. The van der Waals surface area contributed by atoms with E-state index in [4.69, 9.17) is 9.94 Å². The number of hydrogen-bond donors (Lipinski definition) is 2. The molecule has 2 rings (SSSR count). The van der Waals surface area contributed by atoms with E-state index in [1.54, 1.807) is 0 Å². The molecule has 1 heterocycles. The van der Waals surface area contributed by atoms with Crippen LogP contribution in [0.2, 0.25) is 0 Å². The highest BCUT2D eigenvalue weighted by Crippen LogP contribution is 2.40. The van der Waals surface area contributed by atoms with Crippen molar-refractivity contribution in [1.82, 2.24) is 5.48 Å². The van der Waals surface area contributed by atoms with Gasteiger partial charge in [0, 0.05) is 17.7 Å². The minimum atomic E-state index is -1.13. The third-order valence-electron chi connectivity index (χ3n) is 2.73. The topological polar surface area (TPSA) is 102 Å². The van der Waals surface area contributed by atoms with Crippen molar-refractivity contribution in [2.75, 3.05) is 0 Å². The third kappa shape index (κ3) is 1.86. The van der Waals surface area contributed by atoms with Crippen molar-refractivity contribution in [1.29, 1.82) is 0 Å². The van der Waals surface area contributed by atoms with Crippen LogP contribution in [0.5, 0.6) is 5.75 Å². The van der Waals surface area contributed by atoms with Gasteiger partial charge in [-0.05, 0) is 6.92 Å². The van der Waals surface area contributed by atoms with Crippen LogP contribution in [0.3, 0.4) is 0 Å². The number of rotatable bonds is 3. The number of carbonyl (C=O) groups is 1. The summed E-state index contributed by atoms with van der Waals surface area (Å²) in [5, 5.41) is 19.4. The van der Waals surface area contributed by atoms with E-state index in [-0.39, 0.29) is 17.7 Å². The largest absolute Gasteiger partial charge is 0.481 e. The summed E-state index contributed by atoms with van der Waals surface area (Å²) >= 11 is 0. The average Bonchev–Trinajstić information content (AvgIpc) is 2.53. The standard InChI is InChI=1S/C10H9FN2O5/c1-10(4-9(14)15)5-2-7(13(16)17)6(11)3-8(5)18-12-10/h2-3,12H,4H2,1H3,(H,14,15). The monoisotopic (exact) mass is 256 g/mol. The Bertz CT molecular complexity index is 547. The number of nitrogens with zero attached hydrogens (tertiary/aromatic N) is 1. The van der Waals surface area contributed by atoms with Crippen LogP contribution in [0.25, 0.3) is 0 Å². The van der Waals surface area contributed by atoms with Crippen LogP contribution < -0.4 is 10.3 Å². The van der Waals surface area contributed by atoms with Crippen LogP contribution >= 0.6 is 0 Å². The van der Waals surface area contributed by atoms with Gasteiger partial charge in [0.15, 0.2) is 5.75 Å². The molecule has 1 aliphatic rings. The molecule has 0 radical (unpaired) electrons. The summed E-state index contributed by atoms with van der Waals surface area (Å²) in [5.74, 6) is -2.07. The number of halogens is 1. The van der Waals surface area contributed by atoms with Crippen molar-refractivity contribution in [3.05, 3.63) is 33.6 Å². The lowest BCUT2D eigenvalue weighted by atomic mass is 9.89. The summed E-state index contributed by atoms with van der Waals surface area (Å²) in [4.78, 5) is 25.5. The van der Waals surface area contributed by atoms with Gasteiger partial charge in [-0.1, -0.05) is 0 Å². The van der Waals surface area contributed by atoms with Crippen molar-refractivity contribution >= 4 is 11.7 Å². The molecule has 1 aromatic rings. The molecule has 8 heteroatoms. The SMILES string of the molecule is CC1(CC(=O)O)NOc2cc(F)c([N+](=O)[O-])cc21. The summed E-state index contributed by atoms with van der Waals surface area (Å²) < 4.78 is 13.3. The van der Waals surface area contributed by atoms with Gasteiger partial charge in [-0.2, -0.15) is 4.39 Å². The zero-order chi connectivity index (χ0) is 13.5. The third-order valence-corrected chi connectivity index (χ3v) is 2.73. The van der Waals surface area contributed by atoms with Gasteiger partial charge in [0.05, 0.1) is 16.9 Å². The summed E-state index contributed by atoms with van der Waals surface area (Å²) in [5.41, 5.74) is 0.865. The van der Waals surface area contributed by atoms with Crippen molar-refractivity contribution in [3.63, 3.8) is 0 Å². The Morgan fingerprint density at radius 3 is 2.89 bits per heavy atom. The fourth-order valence-corrected chi connectivity index (χ4v) is 1.86. The predicted molar refractivity (Wildman–Crippen MR) is 56.4 cm³/mol. The van der Waals surface area contributed by atoms with Crippen molar-refractivity contribution in [3.8, 4) is 5.75 Å². The molecule has 2 N–H and O–H groups in total. The maximum absolute atomic E-state index is 13.3. The van der Waals surface area contributed by atoms with Gasteiger partial charge in [0.25, 0.3) is 0 Å². The Labute approximate surface area is 100 Å². The highest BCUT2D eigenvalue weighted by molar-refractivity contribution is 5.70. The maximum Gasteiger partial charge on any atom is 0.305 e. The van der Waals surface area contributed by atoms with Crippen LogP contribution in [0.15, 0.2) is 12.1 Å². The molecule has 96 valence electrons. The molecule has 0 bridgehead atoms. The summed E-state index contributed by atoms with van der Waals surface area (Å²) in [6.45, 7) is 1.51. The second-order valence-electron chi connectivity index (χ2n) is 4.16. The first-order valence-electron chi connectivity index (χ1n) is 4.98. The van der Waals surface area contributed by atoms with Crippen LogP contribution in [-0.4, -0.2) is 16.0 Å². The highest BCUT2D eigenvalue weighted by Gasteiger charge is 2.40. The molecular formula is C10H9FN2O5. The molecule has 0 amide bonds. The van der Waals surface area contributed by atoms with Gasteiger partial charge in [0.1, 0.15) is 0 Å². The molecule has 1 aliphatic heterocycles. The van der Waals surface area contributed by atoms with Crippen molar-refractivity contribution in [2.45, 2.75) is 18.9 Å². The number of carboxylic acids is 1. The first kappa shape index (κ1) is 12.2. The Balaban J connectivity index is 2.52. The number of benzene rings is 1. The molecule has 18 heavy (non-hydrogen) atoms. The van der Waals surface area contributed by atoms with E-state index in [0.29, 0.717) is 0 Å². The lowest BCUT2D eigenvalue weighted by Gasteiger charge is -2.20. The molecule has 0 saturated heterocycles. The fourth-order valence-electron chi connectivity index (χ4n) is 1.86. The van der Waals surface area contributed by atoms with E-state index >= 15 is 0 Å². The summed E-state index contributed by atoms with van der Waals surface area (Å²) in [7, 11) is 0. The van der Waals surface area contributed by atoms with E-state index in [0.717, 1.165) is 12.1 Å². The highest BCUT2D eigenvalue weighted by atomic mass is 19.1. The minimum absolute atomic E-state index is 0.0573. The lowest BCUT2D eigenvalue weighted by molar-refractivity contribution is -0.387. The molecule has 1 atom stereocenters. The number of carboxylic acid groups (broad SMARTS) is 1.